The quantitative estimate of drug-likeness (QED) is 0.766. The van der Waals surface area contributed by atoms with Crippen molar-refractivity contribution in [3.63, 3.8) is 0 Å². The Balaban J connectivity index is 2.84. The van der Waals surface area contributed by atoms with Crippen molar-refractivity contribution >= 4 is 15.9 Å². The first-order chi connectivity index (χ1) is 6.51. The van der Waals surface area contributed by atoms with E-state index in [-0.39, 0.29) is 0 Å². The molecule has 0 aliphatic carbocycles. The lowest BCUT2D eigenvalue weighted by Gasteiger charge is -1.98. The molecular formula is C10H12O3S. The van der Waals surface area contributed by atoms with Gasteiger partial charge in [-0.05, 0) is 23.8 Å². The summed E-state index contributed by atoms with van der Waals surface area (Å²) in [5, 5.41) is 1.18. The van der Waals surface area contributed by atoms with Crippen LogP contribution in [0.4, 0.5) is 0 Å². The molecule has 76 valence electrons. The van der Waals surface area contributed by atoms with Gasteiger partial charge in [-0.25, -0.2) is 8.42 Å². The highest BCUT2D eigenvalue weighted by molar-refractivity contribution is 7.93. The molecule has 0 radical (unpaired) electrons. The molecule has 1 aromatic carbocycles. The molecule has 0 atom stereocenters. The van der Waals surface area contributed by atoms with Crippen LogP contribution < -0.4 is 4.74 Å². The third kappa shape index (κ3) is 3.62. The van der Waals surface area contributed by atoms with E-state index >= 15 is 0 Å². The number of hydrogen-bond donors (Lipinski definition) is 0. The van der Waals surface area contributed by atoms with Crippen molar-refractivity contribution in [3.8, 4) is 5.75 Å². The molecule has 0 bridgehead atoms. The molecule has 0 unspecified atom stereocenters. The predicted molar refractivity (Wildman–Crippen MR) is 56.9 cm³/mol. The fourth-order valence-electron chi connectivity index (χ4n) is 0.917. The number of sulfone groups is 1. The van der Waals surface area contributed by atoms with Crippen LogP contribution in [0.25, 0.3) is 6.08 Å². The second kappa shape index (κ2) is 4.28. The number of methoxy groups -OCH3 is 1. The molecule has 0 aliphatic heterocycles. The first-order valence-corrected chi connectivity index (χ1v) is 5.99. The van der Waals surface area contributed by atoms with E-state index < -0.39 is 9.84 Å². The summed E-state index contributed by atoms with van der Waals surface area (Å²) in [5.41, 5.74) is 0.830. The van der Waals surface area contributed by atoms with Gasteiger partial charge in [-0.2, -0.15) is 0 Å². The van der Waals surface area contributed by atoms with E-state index in [2.05, 4.69) is 0 Å². The zero-order valence-corrected chi connectivity index (χ0v) is 8.91. The van der Waals surface area contributed by atoms with Gasteiger partial charge in [-0.3, -0.25) is 0 Å². The van der Waals surface area contributed by atoms with E-state index in [4.69, 9.17) is 4.74 Å². The van der Waals surface area contributed by atoms with Crippen LogP contribution in [0.15, 0.2) is 29.7 Å². The maximum atomic E-state index is 10.8. The lowest BCUT2D eigenvalue weighted by Crippen LogP contribution is -1.87. The Hall–Kier alpha value is -1.29. The van der Waals surface area contributed by atoms with E-state index in [1.807, 2.05) is 0 Å². The van der Waals surface area contributed by atoms with Gasteiger partial charge in [-0.1, -0.05) is 12.1 Å². The lowest BCUT2D eigenvalue weighted by atomic mass is 10.2. The lowest BCUT2D eigenvalue weighted by molar-refractivity contribution is 0.415. The second-order valence-electron chi connectivity index (χ2n) is 2.91. The molecule has 4 heteroatoms. The van der Waals surface area contributed by atoms with E-state index in [0.29, 0.717) is 0 Å². The molecule has 0 N–H and O–H groups in total. The molecule has 0 saturated heterocycles. The van der Waals surface area contributed by atoms with Crippen molar-refractivity contribution < 1.29 is 13.2 Å². The highest BCUT2D eigenvalue weighted by atomic mass is 32.2. The van der Waals surface area contributed by atoms with Crippen molar-refractivity contribution in [3.05, 3.63) is 35.2 Å². The van der Waals surface area contributed by atoms with Gasteiger partial charge in [0.2, 0.25) is 0 Å². The summed E-state index contributed by atoms with van der Waals surface area (Å²) in [6.45, 7) is 0. The Morgan fingerprint density at radius 3 is 2.21 bits per heavy atom. The van der Waals surface area contributed by atoms with Crippen molar-refractivity contribution in [1.29, 1.82) is 0 Å². The first-order valence-electron chi connectivity index (χ1n) is 4.03. The number of benzene rings is 1. The maximum absolute atomic E-state index is 10.8. The monoisotopic (exact) mass is 212 g/mol. The molecule has 0 fully saturated rings. The molecule has 0 spiro atoms. The standard InChI is InChI=1S/C10H12O3S/c1-13-10-5-3-9(4-6-10)7-8-14(2,11)12/h3-8H,1-2H3/b8-7-. The molecule has 0 aliphatic rings. The molecule has 1 aromatic rings. The summed E-state index contributed by atoms with van der Waals surface area (Å²) >= 11 is 0. The predicted octanol–water partition coefficient (Wildman–Crippen LogP) is 1.71. The van der Waals surface area contributed by atoms with E-state index in [0.717, 1.165) is 17.6 Å². The van der Waals surface area contributed by atoms with Gasteiger partial charge in [0.25, 0.3) is 0 Å². The Labute approximate surface area is 83.9 Å². The molecule has 3 nitrogen and oxygen atoms in total. The van der Waals surface area contributed by atoms with Gasteiger partial charge in [0.1, 0.15) is 5.75 Å². The van der Waals surface area contributed by atoms with Gasteiger partial charge in [0, 0.05) is 11.7 Å². The Morgan fingerprint density at radius 1 is 1.21 bits per heavy atom. The fraction of sp³-hybridized carbons (Fsp3) is 0.200. The topological polar surface area (TPSA) is 43.4 Å². The second-order valence-corrected chi connectivity index (χ2v) is 4.84. The average molecular weight is 212 g/mol. The molecule has 0 amide bonds. The minimum absolute atomic E-state index is 0.751. The smallest absolute Gasteiger partial charge is 0.168 e. The highest BCUT2D eigenvalue weighted by Crippen LogP contribution is 2.12. The zero-order valence-electron chi connectivity index (χ0n) is 8.10. The Bertz CT molecular complexity index is 415. The van der Waals surface area contributed by atoms with E-state index in [1.165, 1.54) is 5.41 Å². The van der Waals surface area contributed by atoms with Gasteiger partial charge in [-0.15, -0.1) is 0 Å². The van der Waals surface area contributed by atoms with Crippen molar-refractivity contribution in [2.75, 3.05) is 13.4 Å². The SMILES string of the molecule is COc1ccc(/C=C\S(C)(=O)=O)cc1. The van der Waals surface area contributed by atoms with Crippen LogP contribution in [0.2, 0.25) is 0 Å². The van der Waals surface area contributed by atoms with Crippen LogP contribution in [0.5, 0.6) is 5.75 Å². The van der Waals surface area contributed by atoms with Crippen LogP contribution in [0.1, 0.15) is 5.56 Å². The normalized spacial score (nSPS) is 11.9. The van der Waals surface area contributed by atoms with Gasteiger partial charge >= 0.3 is 0 Å². The maximum Gasteiger partial charge on any atom is 0.168 e. The van der Waals surface area contributed by atoms with Crippen LogP contribution >= 0.6 is 0 Å². The third-order valence-electron chi connectivity index (χ3n) is 1.62. The van der Waals surface area contributed by atoms with Crippen LogP contribution in [-0.4, -0.2) is 21.8 Å². The van der Waals surface area contributed by atoms with Gasteiger partial charge < -0.3 is 4.74 Å². The Kier molecular flexibility index (Phi) is 3.30. The first kappa shape index (κ1) is 10.8. The molecule has 0 saturated carbocycles. The number of hydrogen-bond acceptors (Lipinski definition) is 3. The molecule has 0 aromatic heterocycles. The number of ether oxygens (including phenoxy) is 1. The minimum atomic E-state index is -3.05. The molecule has 0 heterocycles. The van der Waals surface area contributed by atoms with Crippen LogP contribution in [0.3, 0.4) is 0 Å². The minimum Gasteiger partial charge on any atom is -0.497 e. The van der Waals surface area contributed by atoms with Crippen LogP contribution in [0, 0.1) is 0 Å². The van der Waals surface area contributed by atoms with E-state index in [1.54, 1.807) is 37.5 Å². The summed E-state index contributed by atoms with van der Waals surface area (Å²) in [7, 11) is -1.47. The average Bonchev–Trinajstić information content (AvgIpc) is 2.14. The van der Waals surface area contributed by atoms with Crippen molar-refractivity contribution in [2.45, 2.75) is 0 Å². The third-order valence-corrected chi connectivity index (χ3v) is 2.25. The molecule has 1 rings (SSSR count). The van der Waals surface area contributed by atoms with Gasteiger partial charge in [0.15, 0.2) is 9.84 Å². The zero-order chi connectivity index (χ0) is 10.6. The summed E-state index contributed by atoms with van der Waals surface area (Å²) in [6, 6.07) is 7.14. The largest absolute Gasteiger partial charge is 0.497 e. The fourth-order valence-corrected chi connectivity index (χ4v) is 1.32. The van der Waals surface area contributed by atoms with E-state index in [9.17, 15) is 8.42 Å². The summed E-state index contributed by atoms with van der Waals surface area (Å²) in [4.78, 5) is 0. The number of rotatable bonds is 3. The van der Waals surface area contributed by atoms with Gasteiger partial charge in [0.05, 0.1) is 7.11 Å². The van der Waals surface area contributed by atoms with Crippen molar-refractivity contribution in [1.82, 2.24) is 0 Å². The van der Waals surface area contributed by atoms with Crippen LogP contribution in [-0.2, 0) is 9.84 Å². The molecule has 14 heavy (non-hydrogen) atoms. The highest BCUT2D eigenvalue weighted by Gasteiger charge is 1.94. The summed E-state index contributed by atoms with van der Waals surface area (Å²) < 4.78 is 26.6. The van der Waals surface area contributed by atoms with Crippen molar-refractivity contribution in [2.24, 2.45) is 0 Å². The Morgan fingerprint density at radius 2 is 1.79 bits per heavy atom. The molecular weight excluding hydrogens is 200 g/mol. The summed E-state index contributed by atoms with van der Waals surface area (Å²) in [5.74, 6) is 0.751. The summed E-state index contributed by atoms with van der Waals surface area (Å²) in [6.07, 6.45) is 2.71.